The Labute approximate surface area is 112 Å². The Balaban J connectivity index is 2.34. The van der Waals surface area contributed by atoms with Crippen molar-refractivity contribution < 1.29 is 9.84 Å². The van der Waals surface area contributed by atoms with Crippen LogP contribution in [0, 0.1) is 0 Å². The molecular formula is C11H11BrN4O2. The lowest BCUT2D eigenvalue weighted by atomic mass is 10.2. The third-order valence-corrected chi connectivity index (χ3v) is 2.96. The topological polar surface area (TPSA) is 93.3 Å². The molecule has 0 atom stereocenters. The van der Waals surface area contributed by atoms with Gasteiger partial charge in [0.15, 0.2) is 5.82 Å². The molecule has 2 rings (SSSR count). The van der Waals surface area contributed by atoms with Crippen LogP contribution in [0.1, 0.15) is 5.56 Å². The quantitative estimate of drug-likeness (QED) is 0.589. The van der Waals surface area contributed by atoms with Crippen molar-refractivity contribution in [1.29, 1.82) is 0 Å². The Kier molecular flexibility index (Phi) is 4.08. The number of anilines is 1. The van der Waals surface area contributed by atoms with E-state index in [1.807, 2.05) is 12.1 Å². The van der Waals surface area contributed by atoms with Crippen LogP contribution in [0.5, 0.6) is 11.6 Å². The number of ether oxygens (including phenoxy) is 1. The second-order valence-electron chi connectivity index (χ2n) is 3.35. The molecule has 2 aromatic rings. The molecule has 0 aliphatic rings. The van der Waals surface area contributed by atoms with Crippen molar-refractivity contribution in [3.05, 3.63) is 40.6 Å². The van der Waals surface area contributed by atoms with E-state index in [0.717, 1.165) is 0 Å². The minimum absolute atomic E-state index is 0.110. The molecular weight excluding hydrogens is 300 g/mol. The number of nitrogen functional groups attached to an aromatic ring is 1. The predicted molar refractivity (Wildman–Crippen MR) is 70.0 cm³/mol. The van der Waals surface area contributed by atoms with E-state index in [4.69, 9.17) is 10.6 Å². The Morgan fingerprint density at radius 1 is 1.33 bits per heavy atom. The van der Waals surface area contributed by atoms with Gasteiger partial charge in [-0.1, -0.05) is 18.2 Å². The van der Waals surface area contributed by atoms with Gasteiger partial charge in [0.05, 0.1) is 6.61 Å². The number of halogens is 1. The van der Waals surface area contributed by atoms with E-state index in [1.165, 1.54) is 6.33 Å². The van der Waals surface area contributed by atoms with Crippen molar-refractivity contribution in [1.82, 2.24) is 9.97 Å². The summed E-state index contributed by atoms with van der Waals surface area (Å²) in [5.74, 6) is 6.57. The number of aromatic nitrogens is 2. The summed E-state index contributed by atoms with van der Waals surface area (Å²) in [5, 5.41) is 9.21. The molecule has 1 heterocycles. The van der Waals surface area contributed by atoms with E-state index in [2.05, 4.69) is 31.3 Å². The van der Waals surface area contributed by atoms with Gasteiger partial charge in [0.2, 0.25) is 5.88 Å². The van der Waals surface area contributed by atoms with Gasteiger partial charge in [-0.2, -0.15) is 0 Å². The molecule has 1 aromatic heterocycles. The van der Waals surface area contributed by atoms with Gasteiger partial charge in [-0.3, -0.25) is 0 Å². The maximum absolute atomic E-state index is 9.21. The maximum Gasteiger partial charge on any atom is 0.238 e. The predicted octanol–water partition coefficient (Wildman–Crippen LogP) is 1.81. The Hall–Kier alpha value is -1.70. The third-order valence-electron chi connectivity index (χ3n) is 2.24. The van der Waals surface area contributed by atoms with Gasteiger partial charge in [0.1, 0.15) is 16.5 Å². The second-order valence-corrected chi connectivity index (χ2v) is 4.15. The number of nitrogens with zero attached hydrogens (tertiary/aromatic N) is 2. The number of nitrogens with one attached hydrogen (secondary N) is 1. The summed E-state index contributed by atoms with van der Waals surface area (Å²) in [4.78, 5) is 7.92. The average molecular weight is 311 g/mol. The van der Waals surface area contributed by atoms with Gasteiger partial charge >= 0.3 is 0 Å². The molecule has 0 aliphatic carbocycles. The van der Waals surface area contributed by atoms with Gasteiger partial charge in [0.25, 0.3) is 0 Å². The molecule has 18 heavy (non-hydrogen) atoms. The number of aliphatic hydroxyl groups excluding tert-OH is 1. The van der Waals surface area contributed by atoms with Crippen molar-refractivity contribution >= 4 is 21.7 Å². The summed E-state index contributed by atoms with van der Waals surface area (Å²) >= 11 is 3.29. The summed E-state index contributed by atoms with van der Waals surface area (Å²) in [6, 6.07) is 7.15. The minimum Gasteiger partial charge on any atom is -0.437 e. The average Bonchev–Trinajstić information content (AvgIpc) is 2.42. The van der Waals surface area contributed by atoms with Crippen LogP contribution in [0.25, 0.3) is 0 Å². The molecule has 4 N–H and O–H groups in total. The molecule has 0 radical (unpaired) electrons. The van der Waals surface area contributed by atoms with Gasteiger partial charge < -0.3 is 15.3 Å². The van der Waals surface area contributed by atoms with E-state index in [-0.39, 0.29) is 6.61 Å². The summed E-state index contributed by atoms with van der Waals surface area (Å²) in [5.41, 5.74) is 3.09. The molecule has 0 aliphatic heterocycles. The maximum atomic E-state index is 9.21. The van der Waals surface area contributed by atoms with Crippen LogP contribution in [0.15, 0.2) is 35.1 Å². The second kappa shape index (κ2) is 5.76. The van der Waals surface area contributed by atoms with Crippen molar-refractivity contribution in [2.45, 2.75) is 6.61 Å². The number of hydrazine groups is 1. The lowest BCUT2D eigenvalue weighted by Crippen LogP contribution is -2.10. The molecule has 0 amide bonds. The van der Waals surface area contributed by atoms with E-state index in [1.54, 1.807) is 12.1 Å². The SMILES string of the molecule is NNc1ncnc(Oc2ccccc2CO)c1Br. The molecule has 0 bridgehead atoms. The number of hydrogen-bond acceptors (Lipinski definition) is 6. The zero-order chi connectivity index (χ0) is 13.0. The molecule has 94 valence electrons. The highest BCUT2D eigenvalue weighted by molar-refractivity contribution is 9.10. The molecule has 6 nitrogen and oxygen atoms in total. The highest BCUT2D eigenvalue weighted by Crippen LogP contribution is 2.32. The first-order valence-electron chi connectivity index (χ1n) is 5.10. The van der Waals surface area contributed by atoms with E-state index in [0.29, 0.717) is 27.5 Å². The summed E-state index contributed by atoms with van der Waals surface area (Å²) in [7, 11) is 0. The van der Waals surface area contributed by atoms with E-state index < -0.39 is 0 Å². The first-order chi connectivity index (χ1) is 8.76. The first kappa shape index (κ1) is 12.7. The Morgan fingerprint density at radius 3 is 2.83 bits per heavy atom. The lowest BCUT2D eigenvalue weighted by molar-refractivity contribution is 0.276. The molecule has 0 spiro atoms. The zero-order valence-electron chi connectivity index (χ0n) is 9.30. The number of hydrogen-bond donors (Lipinski definition) is 3. The number of nitrogens with two attached hydrogens (primary N) is 1. The largest absolute Gasteiger partial charge is 0.437 e. The fourth-order valence-corrected chi connectivity index (χ4v) is 1.76. The summed E-state index contributed by atoms with van der Waals surface area (Å²) in [6.45, 7) is -0.110. The minimum atomic E-state index is -0.110. The number of benzene rings is 1. The molecule has 1 aromatic carbocycles. The van der Waals surface area contributed by atoms with Crippen LogP contribution >= 0.6 is 15.9 Å². The monoisotopic (exact) mass is 310 g/mol. The molecule has 0 fully saturated rings. The van der Waals surface area contributed by atoms with Crippen LogP contribution in [0.2, 0.25) is 0 Å². The highest BCUT2D eigenvalue weighted by atomic mass is 79.9. The zero-order valence-corrected chi connectivity index (χ0v) is 10.9. The van der Waals surface area contributed by atoms with Gasteiger partial charge in [0, 0.05) is 5.56 Å². The first-order valence-corrected chi connectivity index (χ1v) is 5.89. The molecule has 0 saturated heterocycles. The highest BCUT2D eigenvalue weighted by Gasteiger charge is 2.11. The van der Waals surface area contributed by atoms with Crippen molar-refractivity contribution in [2.24, 2.45) is 5.84 Å². The third kappa shape index (κ3) is 2.58. The standard InChI is InChI=1S/C11H11BrN4O2/c12-9-10(16-13)14-6-15-11(9)18-8-4-2-1-3-7(8)5-17/h1-4,6,17H,5,13H2,(H,14,15,16). The van der Waals surface area contributed by atoms with E-state index >= 15 is 0 Å². The van der Waals surface area contributed by atoms with Crippen molar-refractivity contribution in [3.63, 3.8) is 0 Å². The summed E-state index contributed by atoms with van der Waals surface area (Å²) < 4.78 is 6.13. The van der Waals surface area contributed by atoms with Crippen LogP contribution < -0.4 is 16.0 Å². The van der Waals surface area contributed by atoms with Gasteiger partial charge in [-0.05, 0) is 22.0 Å². The van der Waals surface area contributed by atoms with Crippen LogP contribution in [-0.2, 0) is 6.61 Å². The number of para-hydroxylation sites is 1. The Morgan fingerprint density at radius 2 is 2.11 bits per heavy atom. The van der Waals surface area contributed by atoms with Crippen molar-refractivity contribution in [3.8, 4) is 11.6 Å². The lowest BCUT2D eigenvalue weighted by Gasteiger charge is -2.11. The van der Waals surface area contributed by atoms with Gasteiger partial charge in [-0.25, -0.2) is 15.8 Å². The molecule has 7 heteroatoms. The van der Waals surface area contributed by atoms with Crippen LogP contribution in [0.3, 0.4) is 0 Å². The number of aliphatic hydroxyl groups is 1. The van der Waals surface area contributed by atoms with Gasteiger partial charge in [-0.15, -0.1) is 0 Å². The fourth-order valence-electron chi connectivity index (χ4n) is 1.36. The van der Waals surface area contributed by atoms with Crippen LogP contribution in [0.4, 0.5) is 5.82 Å². The Bertz CT molecular complexity index is 550. The van der Waals surface area contributed by atoms with Crippen molar-refractivity contribution in [2.75, 3.05) is 5.43 Å². The fraction of sp³-hybridized carbons (Fsp3) is 0.0909. The summed E-state index contributed by atoms with van der Waals surface area (Å²) in [6.07, 6.45) is 1.33. The molecule has 0 saturated carbocycles. The van der Waals surface area contributed by atoms with E-state index in [9.17, 15) is 5.11 Å². The molecule has 0 unspecified atom stereocenters. The smallest absolute Gasteiger partial charge is 0.238 e. The van der Waals surface area contributed by atoms with Crippen LogP contribution in [-0.4, -0.2) is 15.1 Å². The number of rotatable bonds is 4. The normalized spacial score (nSPS) is 10.2.